The van der Waals surface area contributed by atoms with Crippen molar-refractivity contribution in [1.82, 2.24) is 9.80 Å². The Balaban J connectivity index is 0.00000171. The Morgan fingerprint density at radius 2 is 1.55 bits per heavy atom. The Morgan fingerprint density at radius 1 is 0.871 bits per heavy atom. The fraction of sp³-hybridized carbons (Fsp3) is 0.500. The van der Waals surface area contributed by atoms with Gasteiger partial charge in [0.25, 0.3) is 0 Å². The van der Waals surface area contributed by atoms with Crippen LogP contribution in [0, 0.1) is 0 Å². The molecule has 2 aromatic carbocycles. The van der Waals surface area contributed by atoms with Crippen molar-refractivity contribution >= 4 is 30.6 Å². The molecule has 3 nitrogen and oxygen atoms in total. The van der Waals surface area contributed by atoms with Crippen LogP contribution in [0.15, 0.2) is 54.6 Å². The maximum absolute atomic E-state index is 12.9. The van der Waals surface area contributed by atoms with Gasteiger partial charge in [-0.2, -0.15) is 0 Å². The van der Waals surface area contributed by atoms with Crippen LogP contribution in [-0.4, -0.2) is 47.8 Å². The third-order valence-corrected chi connectivity index (χ3v) is 6.75. The summed E-state index contributed by atoms with van der Waals surface area (Å²) in [5.41, 5.74) is 2.82. The van der Waals surface area contributed by atoms with Crippen LogP contribution >= 0.6 is 24.8 Å². The summed E-state index contributed by atoms with van der Waals surface area (Å²) in [6, 6.07) is 18.9. The number of rotatable bonds is 6. The Bertz CT molecular complexity index is 808. The van der Waals surface area contributed by atoms with Gasteiger partial charge in [0.05, 0.1) is 0 Å². The normalized spacial score (nSPS) is 20.9. The fourth-order valence-electron chi connectivity index (χ4n) is 5.06. The number of hydrogen-bond donors (Lipinski definition) is 0. The Hall–Kier alpha value is -1.39. The average molecular weight is 463 g/mol. The number of halogens is 2. The van der Waals surface area contributed by atoms with Crippen LogP contribution < -0.4 is 0 Å². The molecule has 0 amide bonds. The van der Waals surface area contributed by atoms with E-state index in [1.165, 1.54) is 63.7 Å². The zero-order chi connectivity index (χ0) is 20.1. The number of ketones is 1. The predicted molar refractivity (Wildman–Crippen MR) is 134 cm³/mol. The van der Waals surface area contributed by atoms with E-state index in [0.717, 1.165) is 17.7 Å². The Kier molecular flexibility index (Phi) is 10.5. The van der Waals surface area contributed by atoms with Crippen molar-refractivity contribution in [2.75, 3.05) is 26.2 Å². The van der Waals surface area contributed by atoms with Gasteiger partial charge in [-0.3, -0.25) is 9.69 Å². The summed E-state index contributed by atoms with van der Waals surface area (Å²) in [5.74, 6) is 0.114. The maximum atomic E-state index is 12.9. The first kappa shape index (κ1) is 25.9. The lowest BCUT2D eigenvalue weighted by Gasteiger charge is -2.43. The molecule has 0 aliphatic carbocycles. The molecule has 170 valence electrons. The molecular formula is C26H36Cl2N2O. The largest absolute Gasteiger partial charge is 0.302 e. The summed E-state index contributed by atoms with van der Waals surface area (Å²) in [5, 5.41) is 0. The van der Waals surface area contributed by atoms with Gasteiger partial charge in [0.1, 0.15) is 0 Å². The molecule has 0 N–H and O–H groups in total. The van der Waals surface area contributed by atoms with Crippen LogP contribution in [0.25, 0.3) is 0 Å². The highest BCUT2D eigenvalue weighted by Crippen LogP contribution is 2.30. The smallest absolute Gasteiger partial charge is 0.193 e. The first-order chi connectivity index (χ1) is 14.2. The number of hydrogen-bond acceptors (Lipinski definition) is 3. The van der Waals surface area contributed by atoms with E-state index >= 15 is 0 Å². The van der Waals surface area contributed by atoms with Crippen LogP contribution in [0.4, 0.5) is 0 Å². The summed E-state index contributed by atoms with van der Waals surface area (Å²) >= 11 is 0. The molecule has 0 bridgehead atoms. The van der Waals surface area contributed by atoms with Crippen molar-refractivity contribution in [2.24, 2.45) is 0 Å². The van der Waals surface area contributed by atoms with Gasteiger partial charge in [-0.15, -0.1) is 24.8 Å². The quantitative estimate of drug-likeness (QED) is 0.479. The van der Waals surface area contributed by atoms with E-state index in [9.17, 15) is 4.79 Å². The van der Waals surface area contributed by atoms with Crippen molar-refractivity contribution in [3.05, 3.63) is 71.3 Å². The molecule has 2 aromatic rings. The molecule has 2 fully saturated rings. The van der Waals surface area contributed by atoms with Crippen molar-refractivity contribution in [2.45, 2.75) is 57.5 Å². The van der Waals surface area contributed by atoms with E-state index in [-0.39, 0.29) is 30.6 Å². The van der Waals surface area contributed by atoms with Crippen LogP contribution in [-0.2, 0) is 0 Å². The summed E-state index contributed by atoms with van der Waals surface area (Å²) < 4.78 is 0. The molecule has 0 aromatic heterocycles. The lowest BCUT2D eigenvalue weighted by molar-refractivity contribution is 0.0654. The molecule has 0 radical (unpaired) electrons. The molecule has 5 heteroatoms. The zero-order valence-electron chi connectivity index (χ0n) is 18.5. The van der Waals surface area contributed by atoms with Crippen molar-refractivity contribution < 1.29 is 4.79 Å². The van der Waals surface area contributed by atoms with Crippen LogP contribution in [0.5, 0.6) is 0 Å². The average Bonchev–Trinajstić information content (AvgIpc) is 2.80. The van der Waals surface area contributed by atoms with E-state index < -0.39 is 0 Å². The topological polar surface area (TPSA) is 23.6 Å². The van der Waals surface area contributed by atoms with E-state index in [2.05, 4.69) is 28.9 Å². The first-order valence-electron chi connectivity index (χ1n) is 11.4. The molecule has 4 rings (SSSR count). The highest BCUT2D eigenvalue weighted by molar-refractivity contribution is 6.09. The molecule has 0 spiro atoms. The second kappa shape index (κ2) is 12.6. The fourth-order valence-corrected chi connectivity index (χ4v) is 5.06. The van der Waals surface area contributed by atoms with Gasteiger partial charge in [-0.1, -0.05) is 61.4 Å². The SMILES string of the molecule is CC(c1cccc(C(=O)c2ccccc2)c1)N1CCCCC1CN1CCCCC1.Cl.Cl. The van der Waals surface area contributed by atoms with E-state index in [1.807, 2.05) is 42.5 Å². The van der Waals surface area contributed by atoms with E-state index in [1.54, 1.807) is 0 Å². The molecule has 2 atom stereocenters. The van der Waals surface area contributed by atoms with Crippen molar-refractivity contribution in [3.8, 4) is 0 Å². The predicted octanol–water partition coefficient (Wildman–Crippen LogP) is 6.16. The summed E-state index contributed by atoms with van der Waals surface area (Å²) in [7, 11) is 0. The Labute approximate surface area is 200 Å². The molecule has 2 heterocycles. The van der Waals surface area contributed by atoms with Gasteiger partial charge in [-0.05, 0) is 63.9 Å². The third kappa shape index (κ3) is 6.55. The molecule has 2 aliphatic heterocycles. The van der Waals surface area contributed by atoms with E-state index in [0.29, 0.717) is 12.1 Å². The van der Waals surface area contributed by atoms with Gasteiger partial charge >= 0.3 is 0 Å². The molecule has 0 saturated carbocycles. The van der Waals surface area contributed by atoms with Crippen LogP contribution in [0.2, 0.25) is 0 Å². The maximum Gasteiger partial charge on any atom is 0.193 e. The van der Waals surface area contributed by atoms with Gasteiger partial charge in [0.15, 0.2) is 5.78 Å². The standard InChI is InChI=1S/C26H34N2O.2ClH/c1-21(28-18-9-6-15-25(28)20-27-16-7-3-8-17-27)23-13-10-14-24(19-23)26(29)22-11-4-2-5-12-22;;/h2,4-5,10-14,19,21,25H,3,6-9,15-18,20H2,1H3;2*1H. The van der Waals surface area contributed by atoms with Gasteiger partial charge in [0.2, 0.25) is 0 Å². The number of benzene rings is 2. The molecular weight excluding hydrogens is 427 g/mol. The van der Waals surface area contributed by atoms with Crippen LogP contribution in [0.3, 0.4) is 0 Å². The second-order valence-corrected chi connectivity index (χ2v) is 8.75. The molecule has 2 unspecified atom stereocenters. The van der Waals surface area contributed by atoms with Crippen LogP contribution in [0.1, 0.15) is 73.0 Å². The molecule has 2 saturated heterocycles. The lowest BCUT2D eigenvalue weighted by Crippen LogP contribution is -2.48. The first-order valence-corrected chi connectivity index (χ1v) is 11.4. The minimum absolute atomic E-state index is 0. The monoisotopic (exact) mass is 462 g/mol. The number of carbonyl (C=O) groups excluding carboxylic acids is 1. The second-order valence-electron chi connectivity index (χ2n) is 8.75. The van der Waals surface area contributed by atoms with Crippen molar-refractivity contribution in [3.63, 3.8) is 0 Å². The summed E-state index contributed by atoms with van der Waals surface area (Å²) in [6.45, 7) is 7.21. The Morgan fingerprint density at radius 3 is 2.29 bits per heavy atom. The number of piperidine rings is 2. The minimum Gasteiger partial charge on any atom is -0.302 e. The number of carbonyl (C=O) groups is 1. The number of likely N-dealkylation sites (tertiary alicyclic amines) is 2. The summed E-state index contributed by atoms with van der Waals surface area (Å²) in [4.78, 5) is 18.3. The molecule has 31 heavy (non-hydrogen) atoms. The number of nitrogens with zero attached hydrogens (tertiary/aromatic N) is 2. The zero-order valence-corrected chi connectivity index (χ0v) is 20.2. The van der Waals surface area contributed by atoms with Gasteiger partial charge in [-0.25, -0.2) is 0 Å². The summed E-state index contributed by atoms with van der Waals surface area (Å²) in [6.07, 6.45) is 8.02. The van der Waals surface area contributed by atoms with Gasteiger partial charge < -0.3 is 4.90 Å². The highest BCUT2D eigenvalue weighted by atomic mass is 35.5. The minimum atomic E-state index is 0. The highest BCUT2D eigenvalue weighted by Gasteiger charge is 2.29. The third-order valence-electron chi connectivity index (χ3n) is 6.75. The van der Waals surface area contributed by atoms with E-state index in [4.69, 9.17) is 0 Å². The lowest BCUT2D eigenvalue weighted by atomic mass is 9.94. The molecule has 2 aliphatic rings. The van der Waals surface area contributed by atoms with Crippen molar-refractivity contribution in [1.29, 1.82) is 0 Å². The van der Waals surface area contributed by atoms with Gasteiger partial charge in [0, 0.05) is 29.8 Å².